The largest absolute Gasteiger partial charge is 0.497 e. The van der Waals surface area contributed by atoms with Crippen molar-refractivity contribution < 1.29 is 19.0 Å². The number of esters is 1. The molecule has 0 amide bonds. The van der Waals surface area contributed by atoms with Crippen molar-refractivity contribution in [1.29, 1.82) is 0 Å². The van der Waals surface area contributed by atoms with Gasteiger partial charge in [-0.15, -0.1) is 0 Å². The Balaban J connectivity index is 2.41. The highest BCUT2D eigenvalue weighted by Gasteiger charge is 2.12. The Bertz CT molecular complexity index is 754. The Kier molecular flexibility index (Phi) is 5.35. The fourth-order valence-corrected chi connectivity index (χ4v) is 2.04. The number of carbonyl (C=O) groups is 1. The van der Waals surface area contributed by atoms with E-state index in [1.165, 1.54) is 13.2 Å². The first kappa shape index (κ1) is 16.5. The van der Waals surface area contributed by atoms with Crippen LogP contribution >= 0.6 is 0 Å². The Morgan fingerprint density at radius 1 is 1.17 bits per heavy atom. The van der Waals surface area contributed by atoms with Gasteiger partial charge in [0.1, 0.15) is 18.0 Å². The number of nitrogens with zero attached hydrogens (tertiary/aromatic N) is 2. The van der Waals surface area contributed by atoms with Crippen LogP contribution in [-0.2, 0) is 16.1 Å². The van der Waals surface area contributed by atoms with Crippen LogP contribution in [0.25, 0.3) is 11.3 Å². The van der Waals surface area contributed by atoms with E-state index in [0.717, 1.165) is 4.68 Å². The number of rotatable bonds is 6. The molecule has 0 bridgehead atoms. The van der Waals surface area contributed by atoms with Gasteiger partial charge in [-0.2, -0.15) is 5.10 Å². The van der Waals surface area contributed by atoms with Crippen molar-refractivity contribution in [2.24, 2.45) is 0 Å². The van der Waals surface area contributed by atoms with E-state index in [4.69, 9.17) is 14.2 Å². The molecule has 1 aromatic carbocycles. The normalized spacial score (nSPS) is 10.2. The predicted octanol–water partition coefficient (Wildman–Crippen LogP) is 1.49. The summed E-state index contributed by atoms with van der Waals surface area (Å²) in [6, 6.07) is 8.19. The highest BCUT2D eigenvalue weighted by molar-refractivity contribution is 5.70. The molecule has 0 saturated carbocycles. The van der Waals surface area contributed by atoms with Gasteiger partial charge < -0.3 is 14.2 Å². The molecule has 0 atom stereocenters. The van der Waals surface area contributed by atoms with Gasteiger partial charge in [-0.05, 0) is 25.1 Å². The molecule has 0 saturated heterocycles. The van der Waals surface area contributed by atoms with E-state index in [9.17, 15) is 9.59 Å². The second-order valence-corrected chi connectivity index (χ2v) is 4.59. The Morgan fingerprint density at radius 3 is 2.61 bits per heavy atom. The lowest BCUT2D eigenvalue weighted by atomic mass is 10.1. The highest BCUT2D eigenvalue weighted by Crippen LogP contribution is 2.31. The first-order valence-corrected chi connectivity index (χ1v) is 7.05. The third-order valence-corrected chi connectivity index (χ3v) is 3.14. The minimum absolute atomic E-state index is 0.237. The van der Waals surface area contributed by atoms with Crippen molar-refractivity contribution in [3.8, 4) is 22.8 Å². The Hall–Kier alpha value is -2.83. The van der Waals surface area contributed by atoms with Crippen LogP contribution in [0.4, 0.5) is 0 Å². The zero-order chi connectivity index (χ0) is 16.8. The summed E-state index contributed by atoms with van der Waals surface area (Å²) in [7, 11) is 3.10. The molecule has 7 heteroatoms. The van der Waals surface area contributed by atoms with Crippen molar-refractivity contribution in [3.63, 3.8) is 0 Å². The average molecular weight is 318 g/mol. The third kappa shape index (κ3) is 3.88. The van der Waals surface area contributed by atoms with Crippen LogP contribution in [-0.4, -0.2) is 36.6 Å². The maximum absolute atomic E-state index is 11.8. The van der Waals surface area contributed by atoms with Crippen LogP contribution in [0.5, 0.6) is 11.5 Å². The summed E-state index contributed by atoms with van der Waals surface area (Å²) in [5.74, 6) is 0.685. The molecule has 0 aliphatic rings. The summed E-state index contributed by atoms with van der Waals surface area (Å²) >= 11 is 0. The average Bonchev–Trinajstić information content (AvgIpc) is 2.56. The fourth-order valence-electron chi connectivity index (χ4n) is 2.04. The van der Waals surface area contributed by atoms with Gasteiger partial charge >= 0.3 is 5.97 Å². The minimum atomic E-state index is -0.513. The van der Waals surface area contributed by atoms with Crippen molar-refractivity contribution in [2.45, 2.75) is 13.5 Å². The summed E-state index contributed by atoms with van der Waals surface area (Å²) < 4.78 is 16.4. The second-order valence-electron chi connectivity index (χ2n) is 4.59. The SMILES string of the molecule is CCOC(=O)Cn1nc(-c2ccc(OC)cc2OC)ccc1=O. The van der Waals surface area contributed by atoms with E-state index in [-0.39, 0.29) is 18.7 Å². The standard InChI is InChI=1S/C16H18N2O5/c1-4-23-16(20)10-18-15(19)8-7-13(17-18)12-6-5-11(21-2)9-14(12)22-3/h5-9H,4,10H2,1-3H3. The second kappa shape index (κ2) is 7.44. The molecule has 0 aliphatic carbocycles. The lowest BCUT2D eigenvalue weighted by molar-refractivity contribution is -0.144. The lowest BCUT2D eigenvalue weighted by Gasteiger charge is -2.11. The molecule has 2 aromatic rings. The smallest absolute Gasteiger partial charge is 0.327 e. The van der Waals surface area contributed by atoms with Crippen LogP contribution in [0.1, 0.15) is 6.92 Å². The summed E-state index contributed by atoms with van der Waals surface area (Å²) in [4.78, 5) is 23.4. The van der Waals surface area contributed by atoms with Gasteiger partial charge in [0, 0.05) is 17.7 Å². The Labute approximate surface area is 133 Å². The number of ether oxygens (including phenoxy) is 3. The highest BCUT2D eigenvalue weighted by atomic mass is 16.5. The molecule has 7 nitrogen and oxygen atoms in total. The number of methoxy groups -OCH3 is 2. The number of carbonyl (C=O) groups excluding carboxylic acids is 1. The Morgan fingerprint density at radius 2 is 1.96 bits per heavy atom. The summed E-state index contributed by atoms with van der Waals surface area (Å²) in [6.07, 6.45) is 0. The van der Waals surface area contributed by atoms with Crippen LogP contribution in [0.2, 0.25) is 0 Å². The van der Waals surface area contributed by atoms with Gasteiger partial charge in [-0.1, -0.05) is 0 Å². The predicted molar refractivity (Wildman–Crippen MR) is 83.7 cm³/mol. The molecule has 0 spiro atoms. The zero-order valence-corrected chi connectivity index (χ0v) is 13.2. The van der Waals surface area contributed by atoms with E-state index in [0.29, 0.717) is 22.8 Å². The van der Waals surface area contributed by atoms with Gasteiger partial charge in [-0.3, -0.25) is 9.59 Å². The van der Waals surface area contributed by atoms with E-state index >= 15 is 0 Å². The van der Waals surface area contributed by atoms with E-state index in [2.05, 4.69) is 5.10 Å². The van der Waals surface area contributed by atoms with Crippen molar-refractivity contribution in [1.82, 2.24) is 9.78 Å². The maximum Gasteiger partial charge on any atom is 0.327 e. The van der Waals surface area contributed by atoms with Gasteiger partial charge in [0.25, 0.3) is 5.56 Å². The quantitative estimate of drug-likeness (QED) is 0.751. The molecule has 2 rings (SSSR count). The summed E-state index contributed by atoms with van der Waals surface area (Å²) in [5, 5.41) is 4.21. The van der Waals surface area contributed by atoms with Crippen LogP contribution in [0, 0.1) is 0 Å². The molecule has 0 aliphatic heterocycles. The number of hydrogen-bond donors (Lipinski definition) is 0. The number of hydrogen-bond acceptors (Lipinski definition) is 6. The molecule has 0 N–H and O–H groups in total. The monoisotopic (exact) mass is 318 g/mol. The molecular weight excluding hydrogens is 300 g/mol. The van der Waals surface area contributed by atoms with Crippen molar-refractivity contribution >= 4 is 5.97 Å². The molecule has 0 unspecified atom stereocenters. The molecule has 23 heavy (non-hydrogen) atoms. The maximum atomic E-state index is 11.8. The first-order chi connectivity index (χ1) is 11.1. The summed E-state index contributed by atoms with van der Waals surface area (Å²) in [6.45, 7) is 1.71. The zero-order valence-electron chi connectivity index (χ0n) is 13.2. The van der Waals surface area contributed by atoms with Crippen LogP contribution < -0.4 is 15.0 Å². The molecule has 1 aromatic heterocycles. The summed E-state index contributed by atoms with van der Waals surface area (Å²) in [5.41, 5.74) is 0.814. The molecular formula is C16H18N2O5. The van der Waals surface area contributed by atoms with E-state index < -0.39 is 5.97 Å². The topological polar surface area (TPSA) is 79.7 Å². The van der Waals surface area contributed by atoms with Gasteiger partial charge in [0.2, 0.25) is 0 Å². The van der Waals surface area contributed by atoms with Crippen molar-refractivity contribution in [3.05, 3.63) is 40.7 Å². The fraction of sp³-hybridized carbons (Fsp3) is 0.312. The lowest BCUT2D eigenvalue weighted by Crippen LogP contribution is -2.27. The number of benzene rings is 1. The van der Waals surface area contributed by atoms with Crippen LogP contribution in [0.3, 0.4) is 0 Å². The van der Waals surface area contributed by atoms with Gasteiger partial charge in [0.05, 0.1) is 26.5 Å². The number of aromatic nitrogens is 2. The van der Waals surface area contributed by atoms with E-state index in [1.807, 2.05) is 0 Å². The van der Waals surface area contributed by atoms with Gasteiger partial charge in [0.15, 0.2) is 0 Å². The molecule has 1 heterocycles. The molecule has 122 valence electrons. The molecule has 0 radical (unpaired) electrons. The molecule has 0 fully saturated rings. The van der Waals surface area contributed by atoms with E-state index in [1.54, 1.807) is 38.3 Å². The first-order valence-electron chi connectivity index (χ1n) is 7.05. The van der Waals surface area contributed by atoms with Gasteiger partial charge in [-0.25, -0.2) is 4.68 Å². The van der Waals surface area contributed by atoms with Crippen molar-refractivity contribution in [2.75, 3.05) is 20.8 Å². The third-order valence-electron chi connectivity index (χ3n) is 3.14. The van der Waals surface area contributed by atoms with Crippen LogP contribution in [0.15, 0.2) is 35.1 Å². The minimum Gasteiger partial charge on any atom is -0.497 e.